The van der Waals surface area contributed by atoms with Crippen LogP contribution in [0.15, 0.2) is 11.5 Å². The zero-order valence-corrected chi connectivity index (χ0v) is 5.77. The highest BCUT2D eigenvalue weighted by atomic mass is 16.5. The molecule has 0 saturated heterocycles. The predicted octanol–water partition coefficient (Wildman–Crippen LogP) is -1.13. The highest BCUT2D eigenvalue weighted by Gasteiger charge is 2.28. The first-order chi connectivity index (χ1) is 5.04. The Morgan fingerprint density at radius 2 is 2.18 bits per heavy atom. The number of aliphatic hydroxyl groups is 2. The first kappa shape index (κ1) is 7.83. The van der Waals surface area contributed by atoms with Crippen LogP contribution in [0.5, 0.6) is 0 Å². The fraction of sp³-hybridized carbons (Fsp3) is 0.400. The Morgan fingerprint density at radius 1 is 1.64 bits per heavy atom. The second-order valence-corrected chi connectivity index (χ2v) is 2.13. The van der Waals surface area contributed by atoms with E-state index in [4.69, 9.17) is 15.4 Å². The molecule has 1 aliphatic heterocycles. The molecule has 0 aromatic rings. The Kier molecular flexibility index (Phi) is 1.71. The number of allylic oxidation sites excluding steroid dienone is 1. The van der Waals surface area contributed by atoms with Crippen LogP contribution in [0, 0.1) is 0 Å². The minimum absolute atomic E-state index is 0.0822. The predicted molar refractivity (Wildman–Crippen MR) is 33.1 cm³/mol. The summed E-state index contributed by atoms with van der Waals surface area (Å²) in [6.45, 7) is 1.30. The molecule has 1 aliphatic rings. The van der Waals surface area contributed by atoms with Gasteiger partial charge < -0.3 is 15.5 Å². The molecule has 0 radical (unpaired) electrons. The van der Waals surface area contributed by atoms with Gasteiger partial charge in [-0.05, 0) is 6.92 Å². The largest absolute Gasteiger partial charge is 0.502 e. The Hall–Kier alpha value is -1.27. The lowest BCUT2D eigenvalue weighted by atomic mass is 10.3. The second-order valence-electron chi connectivity index (χ2n) is 2.13. The number of amides is 1. The number of rotatable bonds is 0. The molecule has 6 heteroatoms. The summed E-state index contributed by atoms with van der Waals surface area (Å²) in [7, 11) is 0. The minimum Gasteiger partial charge on any atom is -0.502 e. The van der Waals surface area contributed by atoms with Gasteiger partial charge in [-0.3, -0.25) is 10.0 Å². The van der Waals surface area contributed by atoms with Crippen LogP contribution in [0.3, 0.4) is 0 Å². The second kappa shape index (κ2) is 2.40. The van der Waals surface area contributed by atoms with Crippen LogP contribution in [0.25, 0.3) is 0 Å². The quantitative estimate of drug-likeness (QED) is 0.360. The maximum atomic E-state index is 10.6. The van der Waals surface area contributed by atoms with Crippen molar-refractivity contribution in [2.75, 3.05) is 0 Å². The van der Waals surface area contributed by atoms with Crippen LogP contribution in [-0.4, -0.2) is 32.7 Å². The number of hydrogen-bond acceptors (Lipinski definition) is 5. The van der Waals surface area contributed by atoms with Gasteiger partial charge in [0.1, 0.15) is 0 Å². The van der Waals surface area contributed by atoms with Crippen LogP contribution in [-0.2, 0) is 4.79 Å². The first-order valence-electron chi connectivity index (χ1n) is 2.91. The van der Waals surface area contributed by atoms with Gasteiger partial charge in [-0.1, -0.05) is 0 Å². The Bertz CT molecular complexity index is 225. The van der Waals surface area contributed by atoms with Crippen molar-refractivity contribution in [1.82, 2.24) is 10.4 Å². The topological polar surface area (TPSA) is 93.0 Å². The highest BCUT2D eigenvalue weighted by Crippen LogP contribution is 2.11. The number of hydroxylamine groups is 2. The maximum Gasteiger partial charge on any atom is 0.291 e. The zero-order chi connectivity index (χ0) is 8.59. The van der Waals surface area contributed by atoms with Gasteiger partial charge in [-0.15, -0.1) is 0 Å². The Balaban J connectivity index is 2.98. The van der Waals surface area contributed by atoms with Crippen molar-refractivity contribution in [3.8, 4) is 0 Å². The van der Waals surface area contributed by atoms with E-state index in [1.165, 1.54) is 6.92 Å². The summed E-state index contributed by atoms with van der Waals surface area (Å²) in [6.07, 6.45) is -1.49. The van der Waals surface area contributed by atoms with Gasteiger partial charge in [0.2, 0.25) is 12.1 Å². The molecular formula is C5H8N2O4. The average Bonchev–Trinajstić information content (AvgIpc) is 1.97. The van der Waals surface area contributed by atoms with E-state index in [2.05, 4.69) is 0 Å². The maximum absolute atomic E-state index is 10.6. The van der Waals surface area contributed by atoms with Crippen LogP contribution in [0.2, 0.25) is 0 Å². The summed E-state index contributed by atoms with van der Waals surface area (Å²) in [4.78, 5) is 10.6. The summed E-state index contributed by atoms with van der Waals surface area (Å²) in [5, 5.41) is 28.9. The van der Waals surface area contributed by atoms with E-state index < -0.39 is 18.0 Å². The Morgan fingerprint density at radius 3 is 2.73 bits per heavy atom. The average molecular weight is 160 g/mol. The van der Waals surface area contributed by atoms with Crippen molar-refractivity contribution < 1.29 is 20.2 Å². The lowest BCUT2D eigenvalue weighted by Crippen LogP contribution is -2.51. The van der Waals surface area contributed by atoms with Gasteiger partial charge in [0, 0.05) is 0 Å². The van der Waals surface area contributed by atoms with Crippen molar-refractivity contribution in [2.45, 2.75) is 13.3 Å². The third kappa shape index (κ3) is 1.13. The number of aliphatic hydroxyl groups excluding tert-OH is 2. The van der Waals surface area contributed by atoms with Gasteiger partial charge in [-0.2, -0.15) is 0 Å². The molecule has 62 valence electrons. The highest BCUT2D eigenvalue weighted by molar-refractivity contribution is 5.92. The molecule has 1 heterocycles. The first-order valence-corrected chi connectivity index (χ1v) is 2.91. The van der Waals surface area contributed by atoms with Gasteiger partial charge in [0.25, 0.3) is 5.91 Å². The van der Waals surface area contributed by atoms with Crippen LogP contribution >= 0.6 is 0 Å². The summed E-state index contributed by atoms with van der Waals surface area (Å²) in [5.41, 5.74) is -0.0822. The molecule has 0 aromatic heterocycles. The minimum atomic E-state index is -1.49. The van der Waals surface area contributed by atoms with E-state index in [0.29, 0.717) is 5.06 Å². The number of hydrogen-bond donors (Lipinski definition) is 4. The summed E-state index contributed by atoms with van der Waals surface area (Å²) >= 11 is 0. The van der Waals surface area contributed by atoms with E-state index in [-0.39, 0.29) is 5.70 Å². The molecule has 1 unspecified atom stereocenters. The third-order valence-corrected chi connectivity index (χ3v) is 1.39. The molecule has 6 nitrogen and oxygen atoms in total. The van der Waals surface area contributed by atoms with Crippen LogP contribution in [0.4, 0.5) is 0 Å². The number of carbonyl (C=O) groups excluding carboxylic acids is 1. The zero-order valence-electron chi connectivity index (χ0n) is 5.77. The number of nitrogens with one attached hydrogen (secondary N) is 1. The Labute approximate surface area is 62.3 Å². The van der Waals surface area contributed by atoms with E-state index in [1.807, 2.05) is 5.32 Å². The van der Waals surface area contributed by atoms with Crippen molar-refractivity contribution >= 4 is 5.91 Å². The molecular weight excluding hydrogens is 152 g/mol. The molecule has 1 amide bonds. The molecule has 1 atom stereocenters. The fourth-order valence-electron chi connectivity index (χ4n) is 0.703. The molecule has 4 N–H and O–H groups in total. The number of carbonyl (C=O) groups is 1. The SMILES string of the molecule is CC1=C(O)C(=O)NC(O)N1O. The summed E-state index contributed by atoms with van der Waals surface area (Å²) in [5.74, 6) is -1.40. The molecule has 0 saturated carbocycles. The van der Waals surface area contributed by atoms with E-state index in [1.54, 1.807) is 0 Å². The van der Waals surface area contributed by atoms with E-state index >= 15 is 0 Å². The summed E-state index contributed by atoms with van der Waals surface area (Å²) in [6, 6.07) is 0. The van der Waals surface area contributed by atoms with Crippen molar-refractivity contribution in [3.05, 3.63) is 11.5 Å². The van der Waals surface area contributed by atoms with Crippen molar-refractivity contribution in [1.29, 1.82) is 0 Å². The van der Waals surface area contributed by atoms with Gasteiger partial charge in [0.15, 0.2) is 0 Å². The van der Waals surface area contributed by atoms with Crippen molar-refractivity contribution in [3.63, 3.8) is 0 Å². The molecule has 0 spiro atoms. The molecule has 11 heavy (non-hydrogen) atoms. The van der Waals surface area contributed by atoms with Gasteiger partial charge in [-0.25, -0.2) is 5.06 Å². The monoisotopic (exact) mass is 160 g/mol. The van der Waals surface area contributed by atoms with E-state index in [9.17, 15) is 4.79 Å². The van der Waals surface area contributed by atoms with Gasteiger partial charge in [0.05, 0.1) is 5.70 Å². The molecule has 0 bridgehead atoms. The summed E-state index contributed by atoms with van der Waals surface area (Å²) < 4.78 is 0. The standard InChI is InChI=1S/C5H8N2O4/c1-2-3(8)4(9)6-5(10)7(2)11/h5,8,10-11H,1H3,(H,6,9). The van der Waals surface area contributed by atoms with Crippen LogP contribution < -0.4 is 5.32 Å². The normalized spacial score (nSPS) is 25.5. The number of nitrogens with zero attached hydrogens (tertiary/aromatic N) is 1. The van der Waals surface area contributed by atoms with Crippen molar-refractivity contribution in [2.24, 2.45) is 0 Å². The third-order valence-electron chi connectivity index (χ3n) is 1.39. The molecule has 0 fully saturated rings. The lowest BCUT2D eigenvalue weighted by molar-refractivity contribution is -0.194. The lowest BCUT2D eigenvalue weighted by Gasteiger charge is -2.28. The molecule has 1 rings (SSSR count). The smallest absolute Gasteiger partial charge is 0.291 e. The van der Waals surface area contributed by atoms with Gasteiger partial charge >= 0.3 is 0 Å². The molecule has 0 aromatic carbocycles. The van der Waals surface area contributed by atoms with Crippen LogP contribution in [0.1, 0.15) is 6.92 Å². The molecule has 0 aliphatic carbocycles. The fourth-order valence-corrected chi connectivity index (χ4v) is 0.703. The van der Waals surface area contributed by atoms with E-state index in [0.717, 1.165) is 0 Å².